The highest BCUT2D eigenvalue weighted by atomic mass is 32.2. The molecule has 3 aromatic carbocycles. The fourth-order valence-electron chi connectivity index (χ4n) is 3.55. The fraction of sp³-hybridized carbons (Fsp3) is 0.379. The highest BCUT2D eigenvalue weighted by Crippen LogP contribution is 2.39. The summed E-state index contributed by atoms with van der Waals surface area (Å²) in [5.74, 6) is 1.15. The first-order valence-electron chi connectivity index (χ1n) is 12.5. The molecule has 1 atom stereocenters. The summed E-state index contributed by atoms with van der Waals surface area (Å²) >= 11 is 0. The molecule has 0 aliphatic heterocycles. The third-order valence-corrected chi connectivity index (χ3v) is 8.68. The Morgan fingerprint density at radius 1 is 0.634 bits per heavy atom. The lowest BCUT2D eigenvalue weighted by Gasteiger charge is -2.24. The number of halogens is 4. The largest absolute Gasteiger partial charge is 0.489 e. The Bertz CT molecular complexity index is 1350. The Hall–Kier alpha value is -2.96. The average molecular weight is 618 g/mol. The van der Waals surface area contributed by atoms with Crippen LogP contribution in [-0.4, -0.2) is 42.0 Å². The first-order valence-corrected chi connectivity index (χ1v) is 15.1. The van der Waals surface area contributed by atoms with Crippen molar-refractivity contribution in [3.05, 3.63) is 72.8 Å². The van der Waals surface area contributed by atoms with Crippen LogP contribution in [0.25, 0.3) is 0 Å². The molecule has 0 spiro atoms. The summed E-state index contributed by atoms with van der Waals surface area (Å²) in [5, 5.41) is -4.98. The second-order valence-corrected chi connectivity index (χ2v) is 14.8. The van der Waals surface area contributed by atoms with Gasteiger partial charge in [0.25, 0.3) is 0 Å². The van der Waals surface area contributed by atoms with E-state index in [2.05, 4.69) is 0 Å². The smallest absolute Gasteiger partial charge is 0.443 e. The lowest BCUT2D eigenvalue weighted by atomic mass is 10.2. The summed E-state index contributed by atoms with van der Waals surface area (Å²) in [7, 11) is -6.84. The first kappa shape index (κ1) is 32.6. The summed E-state index contributed by atoms with van der Waals surface area (Å²) in [5.41, 5.74) is -0.777. The van der Waals surface area contributed by atoms with Crippen molar-refractivity contribution < 1.29 is 44.7 Å². The molecule has 224 valence electrons. The first-order chi connectivity index (χ1) is 18.7. The number of alkyl halides is 4. The van der Waals surface area contributed by atoms with Crippen molar-refractivity contribution in [2.75, 3.05) is 6.61 Å². The Kier molecular flexibility index (Phi) is 9.31. The van der Waals surface area contributed by atoms with Crippen LogP contribution in [0.2, 0.25) is 0 Å². The second-order valence-electron chi connectivity index (χ2n) is 11.1. The minimum Gasteiger partial charge on any atom is -0.489 e. The lowest BCUT2D eigenvalue weighted by Crippen LogP contribution is -2.52. The molecule has 0 bridgehead atoms. The SMILES string of the molecule is CC(C)(C)Oc1ccc([S+](c2ccc(OCC(F)(C(F)(F)F)S(=O)(=O)O)cc2)c2ccc(OC(C)(C)C)cc2)cc1. The van der Waals surface area contributed by atoms with E-state index in [1.54, 1.807) is 12.1 Å². The number of rotatable bonds is 9. The number of benzene rings is 3. The van der Waals surface area contributed by atoms with E-state index in [0.717, 1.165) is 14.7 Å². The highest BCUT2D eigenvalue weighted by molar-refractivity contribution is 7.97. The second kappa shape index (κ2) is 11.7. The molecule has 41 heavy (non-hydrogen) atoms. The summed E-state index contributed by atoms with van der Waals surface area (Å²) in [6.07, 6.45) is -5.90. The molecule has 0 radical (unpaired) electrons. The zero-order chi connectivity index (χ0) is 30.9. The van der Waals surface area contributed by atoms with Gasteiger partial charge >= 0.3 is 21.3 Å². The van der Waals surface area contributed by atoms with Crippen LogP contribution in [0.5, 0.6) is 17.2 Å². The van der Waals surface area contributed by atoms with Crippen LogP contribution in [0.3, 0.4) is 0 Å². The molecule has 0 saturated heterocycles. The van der Waals surface area contributed by atoms with Gasteiger partial charge in [-0.25, -0.2) is 4.39 Å². The van der Waals surface area contributed by atoms with E-state index in [4.69, 9.17) is 18.8 Å². The van der Waals surface area contributed by atoms with Crippen molar-refractivity contribution in [1.82, 2.24) is 0 Å². The van der Waals surface area contributed by atoms with Crippen molar-refractivity contribution in [3.63, 3.8) is 0 Å². The zero-order valence-electron chi connectivity index (χ0n) is 23.5. The van der Waals surface area contributed by atoms with E-state index in [1.165, 1.54) is 12.1 Å². The standard InChI is InChI=1S/C29H32F4O6S2/c1-26(2,3)38-21-9-15-24(16-10-21)40(25-17-11-22(12-18-25)39-27(4,5)6)23-13-7-20(8-14-23)37-19-28(30,29(31,32)33)41(34,35)36/h7-18H,19H2,1-6H3/p+1. The molecule has 3 rings (SSSR count). The van der Waals surface area contributed by atoms with Crippen molar-refractivity contribution in [2.45, 2.75) is 78.6 Å². The van der Waals surface area contributed by atoms with E-state index in [9.17, 15) is 26.0 Å². The van der Waals surface area contributed by atoms with Crippen LogP contribution in [0.15, 0.2) is 87.5 Å². The molecule has 6 nitrogen and oxygen atoms in total. The van der Waals surface area contributed by atoms with Crippen LogP contribution >= 0.6 is 0 Å². The molecule has 0 aliphatic rings. The van der Waals surface area contributed by atoms with Crippen molar-refractivity contribution >= 4 is 21.0 Å². The predicted octanol–water partition coefficient (Wildman–Crippen LogP) is 7.63. The minimum absolute atomic E-state index is 0.213. The van der Waals surface area contributed by atoms with Gasteiger partial charge in [-0.05, 0) is 114 Å². The normalized spacial score (nSPS) is 14.4. The monoisotopic (exact) mass is 617 g/mol. The van der Waals surface area contributed by atoms with Gasteiger partial charge in [0.1, 0.15) is 35.1 Å². The maximum atomic E-state index is 14.3. The van der Waals surface area contributed by atoms with E-state index in [0.29, 0.717) is 11.5 Å². The minimum atomic E-state index is -6.15. The lowest BCUT2D eigenvalue weighted by molar-refractivity contribution is -0.206. The van der Waals surface area contributed by atoms with Crippen molar-refractivity contribution in [2.24, 2.45) is 0 Å². The molecular weight excluding hydrogens is 584 g/mol. The van der Waals surface area contributed by atoms with Gasteiger partial charge < -0.3 is 14.2 Å². The van der Waals surface area contributed by atoms with Gasteiger partial charge in [-0.2, -0.15) is 21.6 Å². The van der Waals surface area contributed by atoms with Crippen LogP contribution < -0.4 is 14.2 Å². The molecule has 1 N–H and O–H groups in total. The number of hydrogen-bond acceptors (Lipinski definition) is 5. The Balaban J connectivity index is 1.95. The number of ether oxygens (including phenoxy) is 3. The molecule has 1 unspecified atom stereocenters. The highest BCUT2D eigenvalue weighted by Gasteiger charge is 2.66. The van der Waals surface area contributed by atoms with Gasteiger partial charge in [0.2, 0.25) is 0 Å². The van der Waals surface area contributed by atoms with Gasteiger partial charge in [-0.1, -0.05) is 0 Å². The molecule has 0 saturated carbocycles. The quantitative estimate of drug-likeness (QED) is 0.151. The van der Waals surface area contributed by atoms with Gasteiger partial charge in [0.05, 0.1) is 10.9 Å². The van der Waals surface area contributed by atoms with E-state index in [-0.39, 0.29) is 17.0 Å². The molecule has 0 aliphatic carbocycles. The fourth-order valence-corrected chi connectivity index (χ4v) is 6.10. The van der Waals surface area contributed by atoms with E-state index in [1.807, 2.05) is 90.1 Å². The van der Waals surface area contributed by atoms with Gasteiger partial charge in [-0.3, -0.25) is 4.55 Å². The Morgan fingerprint density at radius 3 is 1.22 bits per heavy atom. The third-order valence-electron chi connectivity index (χ3n) is 5.28. The van der Waals surface area contributed by atoms with Gasteiger partial charge in [0, 0.05) is 0 Å². The third kappa shape index (κ3) is 8.52. The molecule has 0 fully saturated rings. The summed E-state index contributed by atoms with van der Waals surface area (Å²) in [6.45, 7) is 9.66. The van der Waals surface area contributed by atoms with Crippen LogP contribution in [0, 0.1) is 0 Å². The summed E-state index contributed by atoms with van der Waals surface area (Å²) in [6, 6.07) is 20.9. The van der Waals surface area contributed by atoms with E-state index < -0.39 is 38.8 Å². The topological polar surface area (TPSA) is 82.1 Å². The van der Waals surface area contributed by atoms with Crippen molar-refractivity contribution in [3.8, 4) is 17.2 Å². The molecule has 12 heteroatoms. The van der Waals surface area contributed by atoms with Gasteiger partial charge in [-0.15, -0.1) is 0 Å². The molecular formula is C29H33F4O6S2+. The van der Waals surface area contributed by atoms with Crippen LogP contribution in [0.4, 0.5) is 17.6 Å². The Morgan fingerprint density at radius 2 is 0.951 bits per heavy atom. The average Bonchev–Trinajstić information content (AvgIpc) is 2.82. The van der Waals surface area contributed by atoms with Gasteiger partial charge in [0.15, 0.2) is 14.7 Å². The zero-order valence-corrected chi connectivity index (χ0v) is 25.1. The molecule has 3 aromatic rings. The maximum absolute atomic E-state index is 14.3. The van der Waals surface area contributed by atoms with Crippen LogP contribution in [-0.2, 0) is 21.0 Å². The Labute approximate surface area is 240 Å². The molecule has 0 amide bonds. The molecule has 0 aromatic heterocycles. The number of hydrogen-bond donors (Lipinski definition) is 1. The summed E-state index contributed by atoms with van der Waals surface area (Å²) < 4.78 is 101. The van der Waals surface area contributed by atoms with E-state index >= 15 is 0 Å². The maximum Gasteiger partial charge on any atom is 0.443 e. The predicted molar refractivity (Wildman–Crippen MR) is 149 cm³/mol. The molecule has 0 heterocycles. The van der Waals surface area contributed by atoms with Crippen molar-refractivity contribution in [1.29, 1.82) is 0 Å². The van der Waals surface area contributed by atoms with Crippen LogP contribution in [0.1, 0.15) is 41.5 Å². The summed E-state index contributed by atoms with van der Waals surface area (Å²) in [4.78, 5) is 2.58.